The first-order valence-electron chi connectivity index (χ1n) is 5.16. The highest BCUT2D eigenvalue weighted by Gasteiger charge is 2.34. The van der Waals surface area contributed by atoms with Gasteiger partial charge in [0.2, 0.25) is 0 Å². The molecule has 1 aromatic carbocycles. The minimum atomic E-state index is -4.65. The Morgan fingerprint density at radius 2 is 2.00 bits per heavy atom. The van der Waals surface area contributed by atoms with Crippen molar-refractivity contribution in [1.29, 1.82) is 0 Å². The third-order valence-corrected chi connectivity index (χ3v) is 2.62. The number of nitrogens with one attached hydrogen (secondary N) is 1. The van der Waals surface area contributed by atoms with Crippen molar-refractivity contribution in [3.8, 4) is 0 Å². The summed E-state index contributed by atoms with van der Waals surface area (Å²) in [5.41, 5.74) is -0.770. The van der Waals surface area contributed by atoms with Gasteiger partial charge >= 0.3 is 6.18 Å². The molecule has 7 heteroatoms. The molecule has 0 spiro atoms. The van der Waals surface area contributed by atoms with E-state index in [0.717, 1.165) is 12.1 Å². The normalized spacial score (nSPS) is 20.3. The van der Waals surface area contributed by atoms with Gasteiger partial charge in [-0.25, -0.2) is 4.39 Å². The fraction of sp³-hybridized carbons (Fsp3) is 0.455. The first kappa shape index (κ1) is 15.2. The van der Waals surface area contributed by atoms with Crippen LogP contribution in [0.1, 0.15) is 17.2 Å². The third kappa shape index (κ3) is 3.34. The van der Waals surface area contributed by atoms with Crippen LogP contribution >= 0.6 is 12.4 Å². The van der Waals surface area contributed by atoms with Gasteiger partial charge in [-0.3, -0.25) is 0 Å². The maximum atomic E-state index is 13.3. The van der Waals surface area contributed by atoms with Crippen LogP contribution in [0.5, 0.6) is 0 Å². The Kier molecular flexibility index (Phi) is 4.95. The summed E-state index contributed by atoms with van der Waals surface area (Å²) >= 11 is 0. The molecule has 0 radical (unpaired) electrons. The van der Waals surface area contributed by atoms with E-state index in [2.05, 4.69) is 5.32 Å². The van der Waals surface area contributed by atoms with Gasteiger partial charge in [0.05, 0.1) is 24.8 Å². The zero-order valence-corrected chi connectivity index (χ0v) is 10.1. The van der Waals surface area contributed by atoms with Gasteiger partial charge < -0.3 is 10.1 Å². The van der Waals surface area contributed by atoms with E-state index < -0.39 is 17.6 Å². The molecule has 1 aliphatic rings. The van der Waals surface area contributed by atoms with Gasteiger partial charge in [-0.15, -0.1) is 12.4 Å². The Labute approximate surface area is 108 Å². The van der Waals surface area contributed by atoms with E-state index in [4.69, 9.17) is 4.74 Å². The van der Waals surface area contributed by atoms with Gasteiger partial charge in [-0.2, -0.15) is 13.2 Å². The molecular formula is C11H12ClF4NO. The smallest absolute Gasteiger partial charge is 0.378 e. The number of morpholine rings is 1. The largest absolute Gasteiger partial charge is 0.419 e. The first-order valence-corrected chi connectivity index (χ1v) is 5.16. The number of hydrogen-bond donors (Lipinski definition) is 1. The van der Waals surface area contributed by atoms with Gasteiger partial charge in [0, 0.05) is 6.54 Å². The van der Waals surface area contributed by atoms with Crippen LogP contribution in [0.2, 0.25) is 0 Å². The number of rotatable bonds is 1. The molecule has 1 fully saturated rings. The lowest BCUT2D eigenvalue weighted by molar-refractivity contribution is -0.140. The molecule has 0 unspecified atom stereocenters. The number of benzene rings is 1. The van der Waals surface area contributed by atoms with E-state index >= 15 is 0 Å². The summed E-state index contributed by atoms with van der Waals surface area (Å²) in [5.74, 6) is -1.25. The minimum absolute atomic E-state index is 0. The second-order valence-corrected chi connectivity index (χ2v) is 3.82. The maximum Gasteiger partial charge on any atom is 0.419 e. The highest BCUT2D eigenvalue weighted by atomic mass is 35.5. The van der Waals surface area contributed by atoms with Crippen molar-refractivity contribution in [3.05, 3.63) is 35.1 Å². The van der Waals surface area contributed by atoms with Gasteiger partial charge in [0.25, 0.3) is 0 Å². The van der Waals surface area contributed by atoms with E-state index in [-0.39, 0.29) is 18.4 Å². The summed E-state index contributed by atoms with van der Waals surface area (Å²) in [6, 6.07) is 2.70. The van der Waals surface area contributed by atoms with Gasteiger partial charge in [0.1, 0.15) is 5.82 Å². The average molecular weight is 286 g/mol. The van der Waals surface area contributed by atoms with Crippen LogP contribution in [-0.2, 0) is 10.9 Å². The Morgan fingerprint density at radius 1 is 1.28 bits per heavy atom. The SMILES string of the molecule is Cl.Fc1cc([C@@H]2COCCN2)ccc1C(F)(F)F. The highest BCUT2D eigenvalue weighted by Crippen LogP contribution is 2.32. The Morgan fingerprint density at radius 3 is 2.50 bits per heavy atom. The maximum absolute atomic E-state index is 13.3. The second kappa shape index (κ2) is 5.86. The molecule has 102 valence electrons. The van der Waals surface area contributed by atoms with Crippen LogP contribution in [0.3, 0.4) is 0 Å². The second-order valence-electron chi connectivity index (χ2n) is 3.82. The zero-order chi connectivity index (χ0) is 12.5. The summed E-state index contributed by atoms with van der Waals surface area (Å²) in [5, 5.41) is 3.05. The zero-order valence-electron chi connectivity index (χ0n) is 9.26. The van der Waals surface area contributed by atoms with Crippen molar-refractivity contribution >= 4 is 12.4 Å². The monoisotopic (exact) mass is 285 g/mol. The van der Waals surface area contributed by atoms with Crippen LogP contribution in [-0.4, -0.2) is 19.8 Å². The van der Waals surface area contributed by atoms with Crippen LogP contribution in [0.15, 0.2) is 18.2 Å². The molecule has 2 rings (SSSR count). The molecule has 1 aliphatic heterocycles. The Balaban J connectivity index is 0.00000162. The summed E-state index contributed by atoms with van der Waals surface area (Å²) in [7, 11) is 0. The van der Waals surface area contributed by atoms with E-state index in [1.54, 1.807) is 0 Å². The van der Waals surface area contributed by atoms with Crippen molar-refractivity contribution < 1.29 is 22.3 Å². The quantitative estimate of drug-likeness (QED) is 0.801. The predicted octanol–water partition coefficient (Wildman–Crippen LogP) is 2.93. The van der Waals surface area contributed by atoms with Crippen molar-refractivity contribution in [2.75, 3.05) is 19.8 Å². The molecule has 1 saturated heterocycles. The molecule has 0 aromatic heterocycles. The topological polar surface area (TPSA) is 21.3 Å². The standard InChI is InChI=1S/C11H11F4NO.ClH/c12-9-5-7(10-6-17-4-3-16-10)1-2-8(9)11(13,14)15;/h1-2,5,10,16H,3-4,6H2;1H/t10-;/m0./s1. The summed E-state index contributed by atoms with van der Waals surface area (Å²) in [4.78, 5) is 0. The minimum Gasteiger partial charge on any atom is -0.378 e. The van der Waals surface area contributed by atoms with Crippen molar-refractivity contribution in [1.82, 2.24) is 5.32 Å². The molecule has 1 heterocycles. The predicted molar refractivity (Wildman–Crippen MR) is 60.2 cm³/mol. The van der Waals surface area contributed by atoms with E-state index in [9.17, 15) is 17.6 Å². The first-order chi connectivity index (χ1) is 7.98. The molecule has 0 bridgehead atoms. The van der Waals surface area contributed by atoms with Crippen LogP contribution in [0.4, 0.5) is 17.6 Å². The van der Waals surface area contributed by atoms with Crippen LogP contribution < -0.4 is 5.32 Å². The fourth-order valence-corrected chi connectivity index (χ4v) is 1.76. The number of alkyl halides is 3. The summed E-state index contributed by atoms with van der Waals surface area (Å²) in [6.45, 7) is 1.50. The van der Waals surface area contributed by atoms with Gasteiger partial charge in [0.15, 0.2) is 0 Å². The fourth-order valence-electron chi connectivity index (χ4n) is 1.76. The van der Waals surface area contributed by atoms with Crippen molar-refractivity contribution in [3.63, 3.8) is 0 Å². The lowest BCUT2D eigenvalue weighted by Crippen LogP contribution is -2.34. The Bertz CT molecular complexity index is 405. The van der Waals surface area contributed by atoms with E-state index in [0.29, 0.717) is 25.3 Å². The van der Waals surface area contributed by atoms with Crippen LogP contribution in [0.25, 0.3) is 0 Å². The highest BCUT2D eigenvalue weighted by molar-refractivity contribution is 5.85. The van der Waals surface area contributed by atoms with Gasteiger partial charge in [-0.05, 0) is 17.7 Å². The number of halogens is 5. The lowest BCUT2D eigenvalue weighted by Gasteiger charge is -2.24. The van der Waals surface area contributed by atoms with Gasteiger partial charge in [-0.1, -0.05) is 6.07 Å². The average Bonchev–Trinajstić information content (AvgIpc) is 2.28. The molecule has 18 heavy (non-hydrogen) atoms. The number of ether oxygens (including phenoxy) is 1. The van der Waals surface area contributed by atoms with Crippen molar-refractivity contribution in [2.24, 2.45) is 0 Å². The van der Waals surface area contributed by atoms with Crippen LogP contribution in [0, 0.1) is 5.82 Å². The molecule has 1 atom stereocenters. The third-order valence-electron chi connectivity index (χ3n) is 2.62. The molecule has 0 aliphatic carbocycles. The molecular weight excluding hydrogens is 274 g/mol. The number of hydrogen-bond acceptors (Lipinski definition) is 2. The lowest BCUT2D eigenvalue weighted by atomic mass is 10.0. The molecule has 1 aromatic rings. The van der Waals surface area contributed by atoms with Crippen molar-refractivity contribution in [2.45, 2.75) is 12.2 Å². The molecule has 0 saturated carbocycles. The van der Waals surface area contributed by atoms with E-state index in [1.807, 2.05) is 0 Å². The molecule has 2 nitrogen and oxygen atoms in total. The molecule has 1 N–H and O–H groups in total. The Hall–Kier alpha value is -0.850. The molecule has 0 amide bonds. The summed E-state index contributed by atoms with van der Waals surface area (Å²) < 4.78 is 55.5. The summed E-state index contributed by atoms with van der Waals surface area (Å²) in [6.07, 6.45) is -4.65. The van der Waals surface area contributed by atoms with E-state index in [1.165, 1.54) is 6.07 Å².